The van der Waals surface area contributed by atoms with Gasteiger partial charge < -0.3 is 19.5 Å². The van der Waals surface area contributed by atoms with E-state index in [1.54, 1.807) is 18.2 Å². The molecule has 0 aromatic heterocycles. The Hall–Kier alpha value is -2.59. The molecule has 2 aliphatic heterocycles. The first-order chi connectivity index (χ1) is 21.7. The molecular formula is C35H43ClN2O6S. The molecule has 2 aromatic rings. The Balaban J connectivity index is 1.28. The van der Waals surface area contributed by atoms with E-state index in [0.717, 1.165) is 55.7 Å². The van der Waals surface area contributed by atoms with Crippen molar-refractivity contribution >= 4 is 33.2 Å². The third-order valence-electron chi connectivity index (χ3n) is 11.0. The average molecular weight is 655 g/mol. The van der Waals surface area contributed by atoms with E-state index >= 15 is 0 Å². The topological polar surface area (TPSA) is 105 Å². The van der Waals surface area contributed by atoms with E-state index in [-0.39, 0.29) is 22.8 Å². The van der Waals surface area contributed by atoms with Gasteiger partial charge in [-0.15, -0.1) is 0 Å². The van der Waals surface area contributed by atoms with Crippen molar-refractivity contribution in [2.75, 3.05) is 31.7 Å². The van der Waals surface area contributed by atoms with Gasteiger partial charge in [-0.2, -0.15) is 0 Å². The second-order valence-corrected chi connectivity index (χ2v) is 16.2. The molecule has 0 unspecified atom stereocenters. The number of rotatable bonds is 3. The average Bonchev–Trinajstić information content (AvgIpc) is 3.83. The van der Waals surface area contributed by atoms with Gasteiger partial charge in [0.1, 0.15) is 11.0 Å². The second-order valence-electron chi connectivity index (χ2n) is 13.9. The van der Waals surface area contributed by atoms with E-state index in [1.165, 1.54) is 18.2 Å². The first-order valence-corrected chi connectivity index (χ1v) is 18.3. The largest absolute Gasteiger partial charge is 0.490 e. The summed E-state index contributed by atoms with van der Waals surface area (Å²) in [5.74, 6) is 0.684. The lowest BCUT2D eigenvalue weighted by atomic mass is 9.68. The number of fused-ring (bicyclic) bond motifs is 4. The zero-order valence-electron chi connectivity index (χ0n) is 25.8. The molecule has 7 rings (SSSR count). The predicted molar refractivity (Wildman–Crippen MR) is 175 cm³/mol. The number of carbonyl (C=O) groups excluding carboxylic acids is 1. The van der Waals surface area contributed by atoms with E-state index in [0.29, 0.717) is 44.2 Å². The number of aliphatic hydroxyl groups excluding tert-OH is 1. The fourth-order valence-corrected chi connectivity index (χ4v) is 10.00. The molecule has 2 heterocycles. The molecule has 1 amide bonds. The van der Waals surface area contributed by atoms with Gasteiger partial charge in [-0.1, -0.05) is 42.7 Å². The lowest BCUT2D eigenvalue weighted by Gasteiger charge is -2.45. The number of methoxy groups -OCH3 is 1. The number of benzene rings is 2. The van der Waals surface area contributed by atoms with Crippen molar-refractivity contribution in [3.8, 4) is 5.75 Å². The summed E-state index contributed by atoms with van der Waals surface area (Å²) in [6.45, 7) is 1.88. The number of halogens is 1. The van der Waals surface area contributed by atoms with Gasteiger partial charge in [0.2, 0.25) is 10.0 Å². The molecule has 242 valence electrons. The van der Waals surface area contributed by atoms with Gasteiger partial charge in [0, 0.05) is 36.2 Å². The van der Waals surface area contributed by atoms with Crippen LogP contribution in [0.1, 0.15) is 72.9 Å². The van der Waals surface area contributed by atoms with Gasteiger partial charge in [0.15, 0.2) is 0 Å². The van der Waals surface area contributed by atoms with E-state index in [1.807, 2.05) is 18.2 Å². The van der Waals surface area contributed by atoms with Crippen LogP contribution < -0.4 is 14.4 Å². The molecule has 0 saturated heterocycles. The highest BCUT2D eigenvalue weighted by molar-refractivity contribution is 7.90. The van der Waals surface area contributed by atoms with E-state index in [2.05, 4.69) is 21.8 Å². The van der Waals surface area contributed by atoms with Crippen LogP contribution >= 0.6 is 11.6 Å². The van der Waals surface area contributed by atoms with Gasteiger partial charge in [-0.3, -0.25) is 4.79 Å². The molecule has 2 aromatic carbocycles. The van der Waals surface area contributed by atoms with Crippen LogP contribution in [0.4, 0.5) is 5.69 Å². The SMILES string of the molecule is CO[C@@H]1C/C=C/[C@H](O)[C@@H]2CC[C@H]2CN2C[C@@]3(CCCc4cc(Cl)ccc43)COc3ccc(cc32)C(=O)NS(=O)(=O)[C@@H]1CC1CC1. The predicted octanol–water partition coefficient (Wildman–Crippen LogP) is 5.40. The number of sulfonamides is 1. The van der Waals surface area contributed by atoms with Crippen LogP contribution in [0.25, 0.3) is 0 Å². The van der Waals surface area contributed by atoms with E-state index < -0.39 is 33.4 Å². The zero-order chi connectivity index (χ0) is 31.3. The Kier molecular flexibility index (Phi) is 8.42. The van der Waals surface area contributed by atoms with Crippen molar-refractivity contribution in [1.29, 1.82) is 0 Å². The lowest BCUT2D eigenvalue weighted by molar-refractivity contribution is 0.0451. The van der Waals surface area contributed by atoms with Crippen molar-refractivity contribution in [3.63, 3.8) is 0 Å². The minimum Gasteiger partial charge on any atom is -0.490 e. The minimum atomic E-state index is -4.06. The summed E-state index contributed by atoms with van der Waals surface area (Å²) >= 11 is 6.41. The summed E-state index contributed by atoms with van der Waals surface area (Å²) in [5.41, 5.74) is 3.29. The number of hydrogen-bond acceptors (Lipinski definition) is 7. The van der Waals surface area contributed by atoms with Gasteiger partial charge in [0.05, 0.1) is 24.5 Å². The highest BCUT2D eigenvalue weighted by atomic mass is 35.5. The summed E-state index contributed by atoms with van der Waals surface area (Å²) in [7, 11) is -2.55. The Morgan fingerprint density at radius 3 is 2.76 bits per heavy atom. The summed E-state index contributed by atoms with van der Waals surface area (Å²) in [6.07, 6.45) is 10.0. The van der Waals surface area contributed by atoms with Crippen LogP contribution in [0.2, 0.25) is 5.02 Å². The van der Waals surface area contributed by atoms with E-state index in [9.17, 15) is 18.3 Å². The molecule has 2 fully saturated rings. The Morgan fingerprint density at radius 2 is 2.00 bits per heavy atom. The zero-order valence-corrected chi connectivity index (χ0v) is 27.4. The summed E-state index contributed by atoms with van der Waals surface area (Å²) < 4.78 is 42.2. The number of nitrogens with zero attached hydrogens (tertiary/aromatic N) is 1. The standard InChI is InChI=1S/C35H43ClN2O6S/c1-43-32-6-2-5-30(39)27-12-9-25(27)19-38-20-35(15-3-4-23-17-26(36)11-13-28(23)35)21-44-31-14-10-24(18-29(31)38)34(40)37-45(41,42)33(32)16-22-7-8-22/h2,5,10-11,13-14,17-18,22,25,27,30,32-33,39H,3-4,6-9,12,15-16,19-21H2,1H3,(H,37,40)/b5-2+/t25-,27+,30-,32+,33+,35-/m0/s1. The van der Waals surface area contributed by atoms with Crippen molar-refractivity contribution < 1.29 is 27.8 Å². The first-order valence-electron chi connectivity index (χ1n) is 16.4. The van der Waals surface area contributed by atoms with Gasteiger partial charge in [-0.25, -0.2) is 13.1 Å². The quantitative estimate of drug-likeness (QED) is 0.427. The van der Waals surface area contributed by atoms with Gasteiger partial charge in [-0.05, 0) is 104 Å². The Bertz CT molecular complexity index is 1590. The van der Waals surface area contributed by atoms with Crippen LogP contribution in [0.15, 0.2) is 48.6 Å². The summed E-state index contributed by atoms with van der Waals surface area (Å²) in [4.78, 5) is 16.0. The fraction of sp³-hybridized carbons (Fsp3) is 0.571. The molecular weight excluding hydrogens is 612 g/mol. The maximum absolute atomic E-state index is 13.8. The minimum absolute atomic E-state index is 0.0913. The highest BCUT2D eigenvalue weighted by Gasteiger charge is 2.45. The molecule has 45 heavy (non-hydrogen) atoms. The Morgan fingerprint density at radius 1 is 1.16 bits per heavy atom. The number of aryl methyl sites for hydroxylation is 1. The first kappa shape index (κ1) is 31.0. The third kappa shape index (κ3) is 6.13. The number of ether oxygens (including phenoxy) is 2. The van der Waals surface area contributed by atoms with Gasteiger partial charge >= 0.3 is 0 Å². The number of hydrogen-bond donors (Lipinski definition) is 2. The molecule has 8 nitrogen and oxygen atoms in total. The maximum Gasteiger partial charge on any atom is 0.264 e. The number of aliphatic hydroxyl groups is 1. The van der Waals surface area contributed by atoms with E-state index in [4.69, 9.17) is 21.1 Å². The smallest absolute Gasteiger partial charge is 0.264 e. The van der Waals surface area contributed by atoms with Crippen molar-refractivity contribution in [3.05, 3.63) is 70.3 Å². The number of amides is 1. The van der Waals surface area contributed by atoms with Crippen molar-refractivity contribution in [2.24, 2.45) is 17.8 Å². The maximum atomic E-state index is 13.8. The lowest BCUT2D eigenvalue weighted by Crippen LogP contribution is -2.49. The molecule has 10 heteroatoms. The highest BCUT2D eigenvalue weighted by Crippen LogP contribution is 2.47. The molecule has 1 spiro atoms. The number of carbonyl (C=O) groups is 1. The van der Waals surface area contributed by atoms with Gasteiger partial charge in [0.25, 0.3) is 5.91 Å². The monoisotopic (exact) mass is 654 g/mol. The molecule has 2 bridgehead atoms. The number of nitrogens with one attached hydrogen (secondary N) is 1. The van der Waals surface area contributed by atoms with Crippen LogP contribution in [-0.2, 0) is 26.6 Å². The third-order valence-corrected chi connectivity index (χ3v) is 13.0. The fourth-order valence-electron chi connectivity index (χ4n) is 8.13. The molecule has 5 aliphatic rings. The molecule has 6 atom stereocenters. The molecule has 3 aliphatic carbocycles. The molecule has 2 N–H and O–H groups in total. The Labute approximate surface area is 271 Å². The summed E-state index contributed by atoms with van der Waals surface area (Å²) in [5, 5.41) is 11.1. The number of anilines is 1. The normalized spacial score (nSPS) is 33.5. The summed E-state index contributed by atoms with van der Waals surface area (Å²) in [6, 6.07) is 11.4. The molecule has 0 radical (unpaired) electrons. The van der Waals surface area contributed by atoms with Crippen molar-refractivity contribution in [1.82, 2.24) is 4.72 Å². The van der Waals surface area contributed by atoms with Crippen LogP contribution in [0.5, 0.6) is 5.75 Å². The molecule has 2 saturated carbocycles. The van der Waals surface area contributed by atoms with Crippen LogP contribution in [0.3, 0.4) is 0 Å². The van der Waals surface area contributed by atoms with Crippen LogP contribution in [0, 0.1) is 17.8 Å². The van der Waals surface area contributed by atoms with Crippen LogP contribution in [-0.4, -0.2) is 63.7 Å². The second kappa shape index (κ2) is 12.2. The van der Waals surface area contributed by atoms with Crippen molar-refractivity contribution in [2.45, 2.75) is 80.7 Å².